The van der Waals surface area contributed by atoms with Crippen molar-refractivity contribution in [2.24, 2.45) is 5.73 Å². The van der Waals surface area contributed by atoms with Gasteiger partial charge in [0.05, 0.1) is 7.98 Å². The quantitative estimate of drug-likeness (QED) is 0.416. The SMILES string of the molecule is [2H]C1=CN([C@@H]2O[C@H](CO)[C@](O)(C(=O)OC(C)(C)C)C2(F)F)C(=O)NC1(N)C(=O)OC(C)(C)C. The van der Waals surface area contributed by atoms with Crippen LogP contribution in [-0.2, 0) is 23.8 Å². The van der Waals surface area contributed by atoms with Gasteiger partial charge in [0.15, 0.2) is 0 Å². The van der Waals surface area contributed by atoms with E-state index in [-0.39, 0.29) is 4.90 Å². The molecule has 0 aromatic rings. The van der Waals surface area contributed by atoms with Crippen LogP contribution in [0.1, 0.15) is 42.9 Å². The summed E-state index contributed by atoms with van der Waals surface area (Å²) in [4.78, 5) is 37.7. The fourth-order valence-corrected chi connectivity index (χ4v) is 2.92. The van der Waals surface area contributed by atoms with Crippen LogP contribution in [0.4, 0.5) is 13.6 Å². The Morgan fingerprint density at radius 3 is 2.22 bits per heavy atom. The fourth-order valence-electron chi connectivity index (χ4n) is 2.92. The Bertz CT molecular complexity index is 872. The van der Waals surface area contributed by atoms with Crippen molar-refractivity contribution in [3.8, 4) is 0 Å². The second-order valence-electron chi connectivity index (χ2n) is 9.47. The van der Waals surface area contributed by atoms with Crippen molar-refractivity contribution >= 4 is 18.0 Å². The molecule has 5 N–H and O–H groups in total. The highest BCUT2D eigenvalue weighted by Gasteiger charge is 2.76. The van der Waals surface area contributed by atoms with Crippen LogP contribution in [-0.4, -0.2) is 80.4 Å². The summed E-state index contributed by atoms with van der Waals surface area (Å²) in [5.41, 5.74) is -2.66. The number of rotatable bonds is 4. The number of nitrogens with zero attached hydrogens (tertiary/aromatic N) is 1. The van der Waals surface area contributed by atoms with Gasteiger partial charge in [-0.1, -0.05) is 0 Å². The third kappa shape index (κ3) is 4.56. The average Bonchev–Trinajstić information content (AvgIpc) is 2.82. The molecule has 182 valence electrons. The first kappa shape index (κ1) is 24.3. The molecular weight excluding hydrogens is 436 g/mol. The van der Waals surface area contributed by atoms with E-state index in [0.29, 0.717) is 6.20 Å². The smallest absolute Gasteiger partial charge is 0.351 e. The Morgan fingerprint density at radius 2 is 1.75 bits per heavy atom. The molecule has 1 unspecified atom stereocenters. The van der Waals surface area contributed by atoms with Crippen molar-refractivity contribution < 1.29 is 49.0 Å². The number of amides is 2. The maximum Gasteiger partial charge on any atom is 0.351 e. The third-order valence-electron chi connectivity index (χ3n) is 4.40. The molecule has 32 heavy (non-hydrogen) atoms. The van der Waals surface area contributed by atoms with Crippen LogP contribution in [0.2, 0.25) is 0 Å². The van der Waals surface area contributed by atoms with Crippen molar-refractivity contribution in [2.45, 2.75) is 82.3 Å². The Labute approximate surface area is 184 Å². The minimum absolute atomic E-state index is 0.156. The van der Waals surface area contributed by atoms with E-state index in [1.165, 1.54) is 41.5 Å². The molecule has 0 saturated carbocycles. The maximum absolute atomic E-state index is 15.4. The van der Waals surface area contributed by atoms with Crippen molar-refractivity contribution in [3.05, 3.63) is 12.3 Å². The van der Waals surface area contributed by atoms with Crippen LogP contribution in [0.15, 0.2) is 12.3 Å². The number of carbonyl (C=O) groups excluding carboxylic acids is 3. The molecule has 2 rings (SSSR count). The van der Waals surface area contributed by atoms with Crippen LogP contribution in [0, 0.1) is 0 Å². The number of esters is 2. The van der Waals surface area contributed by atoms with E-state index < -0.39 is 71.3 Å². The fraction of sp³-hybridized carbons (Fsp3) is 0.737. The molecule has 2 aliphatic heterocycles. The predicted octanol–water partition coefficient (Wildman–Crippen LogP) is -0.0527. The van der Waals surface area contributed by atoms with Crippen molar-refractivity contribution in [1.82, 2.24) is 10.2 Å². The minimum Gasteiger partial charge on any atom is -0.458 e. The maximum atomic E-state index is 15.4. The highest BCUT2D eigenvalue weighted by atomic mass is 19.3. The molecule has 4 atom stereocenters. The van der Waals surface area contributed by atoms with Crippen LogP contribution in [0.25, 0.3) is 0 Å². The molecule has 0 spiro atoms. The van der Waals surface area contributed by atoms with E-state index in [4.69, 9.17) is 21.3 Å². The second-order valence-corrected chi connectivity index (χ2v) is 9.47. The van der Waals surface area contributed by atoms with Gasteiger partial charge in [0.1, 0.15) is 17.3 Å². The lowest BCUT2D eigenvalue weighted by Crippen LogP contribution is -2.69. The molecule has 11 nitrogen and oxygen atoms in total. The van der Waals surface area contributed by atoms with Crippen LogP contribution in [0.5, 0.6) is 0 Å². The Hall–Kier alpha value is -2.35. The Balaban J connectivity index is 2.45. The van der Waals surface area contributed by atoms with Crippen LogP contribution < -0.4 is 11.1 Å². The topological polar surface area (TPSA) is 161 Å². The van der Waals surface area contributed by atoms with E-state index in [9.17, 15) is 24.6 Å². The number of hydrogen-bond donors (Lipinski definition) is 4. The lowest BCUT2D eigenvalue weighted by molar-refractivity contribution is -0.220. The predicted molar refractivity (Wildman–Crippen MR) is 104 cm³/mol. The molecule has 1 fully saturated rings. The largest absolute Gasteiger partial charge is 0.458 e. The zero-order chi connectivity index (χ0) is 25.8. The number of carbonyl (C=O) groups is 3. The number of urea groups is 1. The molecule has 13 heteroatoms. The van der Waals surface area contributed by atoms with Gasteiger partial charge in [-0.3, -0.25) is 10.6 Å². The van der Waals surface area contributed by atoms with Crippen LogP contribution in [0.3, 0.4) is 0 Å². The van der Waals surface area contributed by atoms with Gasteiger partial charge in [0.25, 0.3) is 5.60 Å². The zero-order valence-corrected chi connectivity index (χ0v) is 18.6. The number of nitrogens with one attached hydrogen (secondary N) is 1. The standard InChI is InChI=1S/C19H29F2N3O8/c1-15(2,3)31-12(26)17(22)7-8-24(14(28)23-17)11-19(20,21)18(29,10(9-25)30-11)13(27)32-16(4,5)6/h7-8,10-11,25,29H,9,22H2,1-6H3,(H,23,28)/t10-,11-,17?,18+/m1/s1/i7D. The molecule has 0 aromatic heterocycles. The van der Waals surface area contributed by atoms with E-state index >= 15 is 8.78 Å². The van der Waals surface area contributed by atoms with Gasteiger partial charge in [-0.2, -0.15) is 8.78 Å². The van der Waals surface area contributed by atoms with Gasteiger partial charge >= 0.3 is 23.9 Å². The number of alkyl halides is 2. The molecule has 2 amide bonds. The summed E-state index contributed by atoms with van der Waals surface area (Å²) in [7, 11) is 0. The van der Waals surface area contributed by atoms with Gasteiger partial charge < -0.3 is 29.7 Å². The Morgan fingerprint density at radius 1 is 1.25 bits per heavy atom. The summed E-state index contributed by atoms with van der Waals surface area (Å²) in [6, 6.07) is -2.25. The normalized spacial score (nSPS) is 33.2. The first-order valence-corrected chi connectivity index (χ1v) is 9.62. The summed E-state index contributed by atoms with van der Waals surface area (Å²) >= 11 is 0. The summed E-state index contributed by atoms with van der Waals surface area (Å²) in [5, 5.41) is 22.1. The molecule has 1 saturated heterocycles. The highest BCUT2D eigenvalue weighted by molar-refractivity contribution is 5.91. The summed E-state index contributed by atoms with van der Waals surface area (Å²) in [6.07, 6.45) is -4.34. The summed E-state index contributed by atoms with van der Waals surface area (Å²) < 4.78 is 53.7. The van der Waals surface area contributed by atoms with Crippen molar-refractivity contribution in [1.29, 1.82) is 0 Å². The molecule has 0 bridgehead atoms. The van der Waals surface area contributed by atoms with Gasteiger partial charge in [-0.05, 0) is 47.6 Å². The van der Waals surface area contributed by atoms with E-state index in [1.54, 1.807) is 0 Å². The van der Waals surface area contributed by atoms with E-state index in [2.05, 4.69) is 0 Å². The lowest BCUT2D eigenvalue weighted by Gasteiger charge is -2.38. The number of ether oxygens (including phenoxy) is 3. The number of nitrogens with two attached hydrogens (primary N) is 1. The molecule has 0 radical (unpaired) electrons. The molecular formula is C19H29F2N3O8. The average molecular weight is 466 g/mol. The van der Waals surface area contributed by atoms with Gasteiger partial charge in [0, 0.05) is 6.20 Å². The van der Waals surface area contributed by atoms with Crippen molar-refractivity contribution in [3.63, 3.8) is 0 Å². The first-order valence-electron chi connectivity index (χ1n) is 10.1. The number of halogens is 2. The molecule has 0 aliphatic carbocycles. The first-order chi connectivity index (χ1) is 14.7. The van der Waals surface area contributed by atoms with E-state index in [0.717, 1.165) is 0 Å². The number of aliphatic hydroxyl groups is 2. The summed E-state index contributed by atoms with van der Waals surface area (Å²) in [6.45, 7) is 7.43. The second kappa shape index (κ2) is 7.90. The number of aliphatic hydroxyl groups excluding tert-OH is 1. The van der Waals surface area contributed by atoms with Crippen molar-refractivity contribution in [2.75, 3.05) is 6.61 Å². The van der Waals surface area contributed by atoms with Gasteiger partial charge in [0.2, 0.25) is 11.9 Å². The van der Waals surface area contributed by atoms with E-state index in [1.807, 2.05) is 5.32 Å². The lowest BCUT2D eigenvalue weighted by atomic mass is 9.90. The highest BCUT2D eigenvalue weighted by Crippen LogP contribution is 2.47. The molecule has 0 aromatic carbocycles. The van der Waals surface area contributed by atoms with Gasteiger partial charge in [-0.15, -0.1) is 0 Å². The monoisotopic (exact) mass is 466 g/mol. The number of hydrogen-bond acceptors (Lipinski definition) is 9. The third-order valence-corrected chi connectivity index (χ3v) is 4.40. The molecule has 2 heterocycles. The summed E-state index contributed by atoms with van der Waals surface area (Å²) in [5.74, 6) is -7.52. The minimum atomic E-state index is -4.52. The molecule has 2 aliphatic rings. The Kier molecular flexibility index (Phi) is 6.00. The van der Waals surface area contributed by atoms with Gasteiger partial charge in [-0.25, -0.2) is 14.4 Å². The zero-order valence-electron chi connectivity index (χ0n) is 19.6. The van der Waals surface area contributed by atoms with Crippen LogP contribution >= 0.6 is 0 Å².